The van der Waals surface area contributed by atoms with Crippen molar-refractivity contribution in [3.8, 4) is 17.2 Å². The predicted molar refractivity (Wildman–Crippen MR) is 120 cm³/mol. The number of methoxy groups -OCH3 is 2. The number of carbonyl (C=O) groups is 1. The van der Waals surface area contributed by atoms with E-state index in [1.165, 1.54) is 0 Å². The van der Waals surface area contributed by atoms with Crippen molar-refractivity contribution in [1.82, 2.24) is 9.80 Å². The summed E-state index contributed by atoms with van der Waals surface area (Å²) in [5.74, 6) is 2.47. The Labute approximate surface area is 188 Å². The van der Waals surface area contributed by atoms with Crippen molar-refractivity contribution in [2.45, 2.75) is 13.2 Å². The van der Waals surface area contributed by atoms with E-state index < -0.39 is 0 Å². The quantitative estimate of drug-likeness (QED) is 0.535. The second-order valence-corrected chi connectivity index (χ2v) is 7.63. The molecule has 0 unspecified atom stereocenters. The summed E-state index contributed by atoms with van der Waals surface area (Å²) in [5.41, 5.74) is 1.90. The molecule has 1 aromatic heterocycles. The van der Waals surface area contributed by atoms with E-state index in [1.54, 1.807) is 26.5 Å². The second kappa shape index (κ2) is 10.2. The Morgan fingerprint density at radius 3 is 2.41 bits per heavy atom. The largest absolute Gasteiger partial charge is 0.493 e. The number of ether oxygens (including phenoxy) is 3. The van der Waals surface area contributed by atoms with Gasteiger partial charge in [-0.15, -0.1) is 0 Å². The van der Waals surface area contributed by atoms with Crippen LogP contribution in [0.25, 0.3) is 0 Å². The maximum atomic E-state index is 13.0. The van der Waals surface area contributed by atoms with Gasteiger partial charge in [-0.05, 0) is 35.9 Å². The topological polar surface area (TPSA) is 64.4 Å². The molecule has 0 atom stereocenters. The summed E-state index contributed by atoms with van der Waals surface area (Å²) < 4.78 is 22.0. The zero-order valence-corrected chi connectivity index (χ0v) is 18.5. The number of para-hydroxylation sites is 1. The third kappa shape index (κ3) is 5.06. The molecule has 3 aromatic rings. The van der Waals surface area contributed by atoms with Crippen LogP contribution >= 0.6 is 0 Å². The van der Waals surface area contributed by atoms with Gasteiger partial charge >= 0.3 is 0 Å². The van der Waals surface area contributed by atoms with Crippen molar-refractivity contribution >= 4 is 5.91 Å². The van der Waals surface area contributed by atoms with Crippen molar-refractivity contribution in [1.29, 1.82) is 0 Å². The summed E-state index contributed by atoms with van der Waals surface area (Å²) in [5, 5.41) is 0. The Kier molecular flexibility index (Phi) is 6.97. The molecule has 1 aliphatic heterocycles. The molecule has 1 amide bonds. The molecule has 4 rings (SSSR count). The van der Waals surface area contributed by atoms with Gasteiger partial charge in [0.05, 0.1) is 20.5 Å². The van der Waals surface area contributed by atoms with Crippen LogP contribution in [-0.2, 0) is 13.2 Å². The minimum absolute atomic E-state index is 0.0903. The first-order valence-corrected chi connectivity index (χ1v) is 10.6. The van der Waals surface area contributed by atoms with Gasteiger partial charge < -0.3 is 23.5 Å². The highest BCUT2D eigenvalue weighted by Gasteiger charge is 2.26. The number of carbonyl (C=O) groups excluding carboxylic acids is 1. The molecule has 0 spiro atoms. The highest BCUT2D eigenvalue weighted by atomic mass is 16.5. The molecule has 168 valence electrons. The lowest BCUT2D eigenvalue weighted by molar-refractivity contribution is 0.0594. The van der Waals surface area contributed by atoms with Crippen LogP contribution in [0.2, 0.25) is 0 Å². The standard InChI is InChI=1S/C25H28N2O5/c1-29-22-9-8-19(16-23(22)30-2)17-26-11-13-27(14-12-26)25(28)24-20(10-15-31-24)18-32-21-6-4-3-5-7-21/h3-10,15-16H,11-14,17-18H2,1-2H3. The average Bonchev–Trinajstić information content (AvgIpc) is 3.32. The molecule has 0 N–H and O–H groups in total. The van der Waals surface area contributed by atoms with Crippen molar-refractivity contribution in [3.63, 3.8) is 0 Å². The SMILES string of the molecule is COc1ccc(CN2CCN(C(=O)c3occc3COc3ccccc3)CC2)cc1OC. The third-order valence-corrected chi connectivity index (χ3v) is 5.59. The Hall–Kier alpha value is -3.45. The normalized spacial score (nSPS) is 14.2. The van der Waals surface area contributed by atoms with Crippen LogP contribution in [-0.4, -0.2) is 56.1 Å². The number of piperazine rings is 1. The summed E-state index contributed by atoms with van der Waals surface area (Å²) in [4.78, 5) is 17.2. The molecule has 2 heterocycles. The summed E-state index contributed by atoms with van der Waals surface area (Å²) >= 11 is 0. The number of rotatable bonds is 8. The Morgan fingerprint density at radius 1 is 0.938 bits per heavy atom. The van der Waals surface area contributed by atoms with Gasteiger partial charge in [-0.3, -0.25) is 9.69 Å². The van der Waals surface area contributed by atoms with Crippen LogP contribution in [0.3, 0.4) is 0 Å². The Bertz CT molecular complexity index is 1030. The summed E-state index contributed by atoms with van der Waals surface area (Å²) in [6.07, 6.45) is 1.55. The molecular weight excluding hydrogens is 408 g/mol. The highest BCUT2D eigenvalue weighted by Crippen LogP contribution is 2.28. The molecule has 7 nitrogen and oxygen atoms in total. The highest BCUT2D eigenvalue weighted by molar-refractivity contribution is 5.93. The number of amides is 1. The monoisotopic (exact) mass is 436 g/mol. The molecule has 0 saturated carbocycles. The van der Waals surface area contributed by atoms with Crippen molar-refractivity contribution in [2.24, 2.45) is 0 Å². The van der Waals surface area contributed by atoms with Gasteiger partial charge in [-0.2, -0.15) is 0 Å². The van der Waals surface area contributed by atoms with E-state index in [1.807, 2.05) is 53.4 Å². The lowest BCUT2D eigenvalue weighted by atomic mass is 10.1. The Balaban J connectivity index is 1.32. The zero-order chi connectivity index (χ0) is 22.3. The van der Waals surface area contributed by atoms with Crippen LogP contribution in [0.4, 0.5) is 0 Å². The van der Waals surface area contributed by atoms with Crippen LogP contribution < -0.4 is 14.2 Å². The number of hydrogen-bond donors (Lipinski definition) is 0. The van der Waals surface area contributed by atoms with Gasteiger partial charge in [0, 0.05) is 38.3 Å². The van der Waals surface area contributed by atoms with Crippen LogP contribution in [0.1, 0.15) is 21.7 Å². The molecule has 7 heteroatoms. The van der Waals surface area contributed by atoms with Gasteiger partial charge in [-0.1, -0.05) is 24.3 Å². The molecule has 2 aromatic carbocycles. The van der Waals surface area contributed by atoms with Gasteiger partial charge in [0.25, 0.3) is 5.91 Å². The lowest BCUT2D eigenvalue weighted by Crippen LogP contribution is -2.48. The van der Waals surface area contributed by atoms with Crippen LogP contribution in [0.15, 0.2) is 65.3 Å². The minimum Gasteiger partial charge on any atom is -0.493 e. The fourth-order valence-corrected chi connectivity index (χ4v) is 3.80. The average molecular weight is 437 g/mol. The van der Waals surface area contributed by atoms with E-state index >= 15 is 0 Å². The van der Waals surface area contributed by atoms with Crippen molar-refractivity contribution in [3.05, 3.63) is 77.7 Å². The fraction of sp³-hybridized carbons (Fsp3) is 0.320. The molecule has 1 fully saturated rings. The minimum atomic E-state index is -0.0903. The van der Waals surface area contributed by atoms with Gasteiger partial charge in [0.2, 0.25) is 0 Å². The third-order valence-electron chi connectivity index (χ3n) is 5.59. The van der Waals surface area contributed by atoms with E-state index in [2.05, 4.69) is 4.90 Å². The molecule has 1 aliphatic rings. The predicted octanol–water partition coefficient (Wildman–Crippen LogP) is 3.83. The summed E-state index contributed by atoms with van der Waals surface area (Å²) in [6.45, 7) is 3.95. The van der Waals surface area contributed by atoms with Crippen molar-refractivity contribution in [2.75, 3.05) is 40.4 Å². The first-order chi connectivity index (χ1) is 15.7. The van der Waals surface area contributed by atoms with Crippen LogP contribution in [0, 0.1) is 0 Å². The first kappa shape index (κ1) is 21.8. The van der Waals surface area contributed by atoms with Gasteiger partial charge in [0.15, 0.2) is 17.3 Å². The molecule has 0 aliphatic carbocycles. The number of hydrogen-bond acceptors (Lipinski definition) is 6. The molecule has 0 bridgehead atoms. The maximum absolute atomic E-state index is 13.0. The molecule has 1 saturated heterocycles. The fourth-order valence-electron chi connectivity index (χ4n) is 3.80. The molecule has 32 heavy (non-hydrogen) atoms. The summed E-state index contributed by atoms with van der Waals surface area (Å²) in [6, 6.07) is 17.3. The van der Waals surface area contributed by atoms with E-state index in [4.69, 9.17) is 18.6 Å². The summed E-state index contributed by atoms with van der Waals surface area (Å²) in [7, 11) is 3.27. The number of nitrogens with zero attached hydrogens (tertiary/aromatic N) is 2. The smallest absolute Gasteiger partial charge is 0.290 e. The second-order valence-electron chi connectivity index (χ2n) is 7.63. The lowest BCUT2D eigenvalue weighted by Gasteiger charge is -2.34. The molecular formula is C25H28N2O5. The first-order valence-electron chi connectivity index (χ1n) is 10.6. The number of furan rings is 1. The van der Waals surface area contributed by atoms with Crippen LogP contribution in [0.5, 0.6) is 17.2 Å². The van der Waals surface area contributed by atoms with E-state index in [-0.39, 0.29) is 5.91 Å². The Morgan fingerprint density at radius 2 is 1.69 bits per heavy atom. The van der Waals surface area contributed by atoms with Gasteiger partial charge in [-0.25, -0.2) is 0 Å². The maximum Gasteiger partial charge on any atom is 0.290 e. The van der Waals surface area contributed by atoms with E-state index in [0.717, 1.165) is 48.0 Å². The zero-order valence-electron chi connectivity index (χ0n) is 18.5. The van der Waals surface area contributed by atoms with Crippen molar-refractivity contribution < 1.29 is 23.4 Å². The van der Waals surface area contributed by atoms with E-state index in [0.29, 0.717) is 25.5 Å². The number of benzene rings is 2. The van der Waals surface area contributed by atoms with E-state index in [9.17, 15) is 4.79 Å². The molecule has 0 radical (unpaired) electrons. The van der Waals surface area contributed by atoms with Gasteiger partial charge in [0.1, 0.15) is 12.4 Å².